The van der Waals surface area contributed by atoms with Crippen LogP contribution in [-0.2, 0) is 17.4 Å². The van der Waals surface area contributed by atoms with Crippen LogP contribution in [0.5, 0.6) is 0 Å². The number of unbranched alkanes of at least 4 members (excludes halogenated alkanes) is 6. The molecule has 0 spiro atoms. The fraction of sp³-hybridized carbons (Fsp3) is 0.316. The van der Waals surface area contributed by atoms with E-state index in [1.54, 1.807) is 0 Å². The molecule has 0 N–H and O–H groups in total. The van der Waals surface area contributed by atoms with Crippen molar-refractivity contribution < 1.29 is 4.57 Å². The number of benzene rings is 3. The molecular formula is C38H42NOPS2. The zero-order chi connectivity index (χ0) is 29.6. The van der Waals surface area contributed by atoms with Gasteiger partial charge in [-0.05, 0) is 86.3 Å². The number of para-hydroxylation sites is 2. The SMILES string of the molecule is CCCCCCc1cc2c(s1)-c1sc(CCCCCC)cc1P2(=O)c1ccc(N(c2ccccc2)c2ccccc2)cc1. The van der Waals surface area contributed by atoms with Gasteiger partial charge in [0, 0.05) is 42.7 Å². The van der Waals surface area contributed by atoms with Crippen LogP contribution in [0.3, 0.4) is 0 Å². The van der Waals surface area contributed by atoms with E-state index in [2.05, 4.69) is 116 Å². The molecule has 1 aliphatic heterocycles. The van der Waals surface area contributed by atoms with Crippen LogP contribution in [-0.4, -0.2) is 0 Å². The Morgan fingerprint density at radius 2 is 1.00 bits per heavy atom. The van der Waals surface area contributed by atoms with Crippen LogP contribution < -0.4 is 20.8 Å². The number of nitrogens with zero attached hydrogens (tertiary/aromatic N) is 1. The van der Waals surface area contributed by atoms with Gasteiger partial charge in [-0.2, -0.15) is 0 Å². The van der Waals surface area contributed by atoms with Crippen LogP contribution in [0.15, 0.2) is 97.1 Å². The van der Waals surface area contributed by atoms with Gasteiger partial charge in [0.05, 0.1) is 9.75 Å². The lowest BCUT2D eigenvalue weighted by molar-refractivity contribution is 0.593. The zero-order valence-corrected chi connectivity index (χ0v) is 28.0. The summed E-state index contributed by atoms with van der Waals surface area (Å²) >= 11 is 3.80. The first-order valence-corrected chi connectivity index (χ1v) is 19.3. The second-order valence-electron chi connectivity index (χ2n) is 11.6. The molecule has 2 aromatic heterocycles. The molecule has 1 aliphatic rings. The molecule has 0 bridgehead atoms. The molecule has 0 radical (unpaired) electrons. The summed E-state index contributed by atoms with van der Waals surface area (Å²) in [5.74, 6) is 0. The van der Waals surface area contributed by atoms with Gasteiger partial charge in [-0.15, -0.1) is 22.7 Å². The summed E-state index contributed by atoms with van der Waals surface area (Å²) in [7, 11) is -2.94. The van der Waals surface area contributed by atoms with Crippen molar-refractivity contribution in [2.24, 2.45) is 0 Å². The van der Waals surface area contributed by atoms with Gasteiger partial charge in [-0.1, -0.05) is 88.8 Å². The third-order valence-electron chi connectivity index (χ3n) is 8.47. The third kappa shape index (κ3) is 6.21. The van der Waals surface area contributed by atoms with Gasteiger partial charge in [0.15, 0.2) is 7.14 Å². The van der Waals surface area contributed by atoms with Crippen molar-refractivity contribution in [3.05, 3.63) is 107 Å². The first-order chi connectivity index (χ1) is 21.1. The Balaban J connectivity index is 1.37. The second-order valence-corrected chi connectivity index (χ2v) is 16.6. The topological polar surface area (TPSA) is 20.3 Å². The van der Waals surface area contributed by atoms with Crippen molar-refractivity contribution in [2.75, 3.05) is 4.90 Å². The van der Waals surface area contributed by atoms with E-state index in [1.165, 1.54) is 70.9 Å². The molecule has 0 amide bonds. The molecule has 5 aromatic rings. The Morgan fingerprint density at radius 3 is 1.44 bits per heavy atom. The number of hydrogen-bond acceptors (Lipinski definition) is 4. The van der Waals surface area contributed by atoms with Gasteiger partial charge >= 0.3 is 0 Å². The van der Waals surface area contributed by atoms with E-state index in [1.807, 2.05) is 22.7 Å². The first kappa shape index (κ1) is 30.1. The minimum Gasteiger partial charge on any atom is -0.311 e. The maximum Gasteiger partial charge on any atom is 0.173 e. The highest BCUT2D eigenvalue weighted by Crippen LogP contribution is 2.57. The molecule has 0 aliphatic carbocycles. The maximum atomic E-state index is 15.5. The average Bonchev–Trinajstić information content (AvgIpc) is 3.72. The fourth-order valence-corrected chi connectivity index (χ4v) is 12.8. The lowest BCUT2D eigenvalue weighted by Gasteiger charge is -2.26. The Bertz CT molecular complexity index is 1570. The first-order valence-electron chi connectivity index (χ1n) is 16.0. The smallest absolute Gasteiger partial charge is 0.173 e. The minimum absolute atomic E-state index is 0.947. The van der Waals surface area contributed by atoms with Crippen LogP contribution in [0.25, 0.3) is 9.75 Å². The lowest BCUT2D eigenvalue weighted by Crippen LogP contribution is -2.20. The van der Waals surface area contributed by atoms with Gasteiger partial charge in [-0.3, -0.25) is 0 Å². The van der Waals surface area contributed by atoms with Crippen LogP contribution in [0, 0.1) is 0 Å². The normalized spacial score (nSPS) is 13.2. The van der Waals surface area contributed by atoms with Gasteiger partial charge in [0.1, 0.15) is 0 Å². The van der Waals surface area contributed by atoms with Gasteiger partial charge in [0.2, 0.25) is 0 Å². The largest absolute Gasteiger partial charge is 0.311 e. The van der Waals surface area contributed by atoms with E-state index >= 15 is 4.57 Å². The fourth-order valence-electron chi connectivity index (χ4n) is 6.17. The van der Waals surface area contributed by atoms with Gasteiger partial charge in [-0.25, -0.2) is 0 Å². The van der Waals surface area contributed by atoms with Crippen LogP contribution in [0.2, 0.25) is 0 Å². The summed E-state index contributed by atoms with van der Waals surface area (Å²) in [6, 6.07) is 34.1. The van der Waals surface area contributed by atoms with E-state index in [0.29, 0.717) is 0 Å². The summed E-state index contributed by atoms with van der Waals surface area (Å²) in [4.78, 5) is 7.59. The van der Waals surface area contributed by atoms with E-state index in [4.69, 9.17) is 0 Å². The quantitative estimate of drug-likeness (QED) is 0.0889. The van der Waals surface area contributed by atoms with Gasteiger partial charge < -0.3 is 9.46 Å². The summed E-state index contributed by atoms with van der Waals surface area (Å²) in [6.45, 7) is 4.52. The number of aryl methyl sites for hydroxylation is 2. The lowest BCUT2D eigenvalue weighted by atomic mass is 10.1. The molecule has 43 heavy (non-hydrogen) atoms. The van der Waals surface area contributed by atoms with Crippen LogP contribution in [0.1, 0.15) is 75.0 Å². The van der Waals surface area contributed by atoms with Gasteiger partial charge in [0.25, 0.3) is 0 Å². The maximum absolute atomic E-state index is 15.5. The Morgan fingerprint density at radius 1 is 0.558 bits per heavy atom. The molecule has 0 fully saturated rings. The van der Waals surface area contributed by atoms with Crippen molar-refractivity contribution >= 4 is 62.8 Å². The number of fused-ring (bicyclic) bond motifs is 3. The molecule has 3 heterocycles. The molecule has 2 nitrogen and oxygen atoms in total. The molecule has 3 aromatic carbocycles. The number of thiophene rings is 2. The monoisotopic (exact) mass is 623 g/mol. The summed E-state index contributed by atoms with van der Waals surface area (Å²) in [5.41, 5.74) is 3.28. The standard InChI is InChI=1S/C38H42NOPS2/c1-3-5-7-15-21-33-27-35-37(42-33)38-36(28-34(43-38)22-16-8-6-4-2)41(35,40)32-25-23-31(24-26-32)39(29-17-11-9-12-18-29)30-19-13-10-14-20-30/h9-14,17-20,23-28H,3-8,15-16,21-22H2,1-2H3. The summed E-state index contributed by atoms with van der Waals surface area (Å²) in [5, 5.41) is 3.11. The van der Waals surface area contributed by atoms with Crippen molar-refractivity contribution in [1.82, 2.24) is 0 Å². The highest BCUT2D eigenvalue weighted by Gasteiger charge is 2.43. The number of rotatable bonds is 14. The Hall–Kier alpha value is -2.91. The molecule has 5 heteroatoms. The Labute approximate surface area is 265 Å². The molecule has 222 valence electrons. The summed E-state index contributed by atoms with van der Waals surface area (Å²) < 4.78 is 15.5. The second kappa shape index (κ2) is 13.8. The van der Waals surface area contributed by atoms with E-state index < -0.39 is 7.14 Å². The average molecular weight is 624 g/mol. The third-order valence-corrected chi connectivity index (χ3v) is 14.4. The highest BCUT2D eigenvalue weighted by molar-refractivity contribution is 7.87. The molecule has 6 rings (SSSR count). The van der Waals surface area contributed by atoms with Crippen LogP contribution in [0.4, 0.5) is 17.1 Å². The van der Waals surface area contributed by atoms with E-state index in [-0.39, 0.29) is 0 Å². The Kier molecular flexibility index (Phi) is 9.67. The summed E-state index contributed by atoms with van der Waals surface area (Å²) in [6.07, 6.45) is 12.2. The molecular weight excluding hydrogens is 582 g/mol. The van der Waals surface area contributed by atoms with Crippen molar-refractivity contribution in [3.63, 3.8) is 0 Å². The zero-order valence-electron chi connectivity index (χ0n) is 25.4. The molecule has 0 saturated heterocycles. The van der Waals surface area contributed by atoms with E-state index in [0.717, 1.165) is 45.8 Å². The molecule has 0 saturated carbocycles. The molecule has 0 unspecified atom stereocenters. The number of anilines is 3. The van der Waals surface area contributed by atoms with Crippen molar-refractivity contribution in [2.45, 2.75) is 78.1 Å². The minimum atomic E-state index is -2.94. The van der Waals surface area contributed by atoms with E-state index in [9.17, 15) is 0 Å². The predicted molar refractivity (Wildman–Crippen MR) is 191 cm³/mol. The highest BCUT2D eigenvalue weighted by atomic mass is 32.1. The van der Waals surface area contributed by atoms with Crippen molar-refractivity contribution in [1.29, 1.82) is 0 Å². The van der Waals surface area contributed by atoms with Crippen molar-refractivity contribution in [3.8, 4) is 9.75 Å². The molecule has 0 atom stereocenters. The predicted octanol–water partition coefficient (Wildman–Crippen LogP) is 11.1. The number of hydrogen-bond donors (Lipinski definition) is 0. The van der Waals surface area contributed by atoms with Crippen LogP contribution >= 0.6 is 29.8 Å².